The molecule has 3 rings (SSSR count). The van der Waals surface area contributed by atoms with Gasteiger partial charge in [0.25, 0.3) is 5.56 Å². The van der Waals surface area contributed by atoms with Gasteiger partial charge in [0, 0.05) is 6.20 Å². The van der Waals surface area contributed by atoms with E-state index >= 15 is 0 Å². The lowest BCUT2D eigenvalue weighted by Gasteiger charge is -2.10. The van der Waals surface area contributed by atoms with Crippen LogP contribution in [0.25, 0.3) is 11.7 Å². The second-order valence-corrected chi connectivity index (χ2v) is 5.12. The molecule has 0 amide bonds. The number of hydrogen-bond acceptors (Lipinski definition) is 6. The van der Waals surface area contributed by atoms with Crippen molar-refractivity contribution in [3.63, 3.8) is 0 Å². The summed E-state index contributed by atoms with van der Waals surface area (Å²) in [6, 6.07) is 15.3. The summed E-state index contributed by atoms with van der Waals surface area (Å²) in [5.74, 6) is 1.10. The third-order valence-electron chi connectivity index (χ3n) is 3.54. The number of nitrogens with zero attached hydrogens (tertiary/aromatic N) is 4. The number of aromatic nitrogens is 2. The average Bonchev–Trinajstić information content (AvgIpc) is 2.68. The zero-order valence-electron chi connectivity index (χ0n) is 13.7. The van der Waals surface area contributed by atoms with Gasteiger partial charge in [-0.2, -0.15) is 15.5 Å². The molecule has 0 saturated heterocycles. The minimum atomic E-state index is -0.442. The number of pyridine rings is 1. The molecule has 0 bridgehead atoms. The standard InChI is InChI=1S/C19H12N4O3/c1-25-14-5-7-15(8-6-14)26-18-16(10-13(11-20)12-21)19(24)23-9-3-2-4-17(23)22-18/h2-10H,1H3. The largest absolute Gasteiger partial charge is 0.497 e. The second kappa shape index (κ2) is 7.20. The molecule has 3 aromatic rings. The Morgan fingerprint density at radius 1 is 1.12 bits per heavy atom. The Labute approximate surface area is 148 Å². The van der Waals surface area contributed by atoms with Crippen LogP contribution in [0.1, 0.15) is 5.56 Å². The highest BCUT2D eigenvalue weighted by atomic mass is 16.5. The van der Waals surface area contributed by atoms with E-state index in [2.05, 4.69) is 4.98 Å². The van der Waals surface area contributed by atoms with E-state index in [0.29, 0.717) is 17.1 Å². The Hall–Kier alpha value is -4.10. The minimum Gasteiger partial charge on any atom is -0.497 e. The Morgan fingerprint density at radius 2 is 1.81 bits per heavy atom. The smallest absolute Gasteiger partial charge is 0.269 e. The normalized spacial score (nSPS) is 9.81. The maximum Gasteiger partial charge on any atom is 0.269 e. The molecule has 0 aliphatic heterocycles. The maximum absolute atomic E-state index is 12.8. The van der Waals surface area contributed by atoms with Crippen LogP contribution in [0.2, 0.25) is 0 Å². The summed E-state index contributed by atoms with van der Waals surface area (Å²) in [4.78, 5) is 17.1. The predicted molar refractivity (Wildman–Crippen MR) is 93.7 cm³/mol. The fraction of sp³-hybridized carbons (Fsp3) is 0.0526. The van der Waals surface area contributed by atoms with Crippen LogP contribution < -0.4 is 15.0 Å². The van der Waals surface area contributed by atoms with Gasteiger partial charge in [-0.25, -0.2) is 0 Å². The quantitative estimate of drug-likeness (QED) is 0.675. The van der Waals surface area contributed by atoms with Gasteiger partial charge in [-0.05, 0) is 42.5 Å². The van der Waals surface area contributed by atoms with Gasteiger partial charge in [0.1, 0.15) is 40.4 Å². The Bertz CT molecular complexity index is 1120. The van der Waals surface area contributed by atoms with Crippen molar-refractivity contribution in [2.45, 2.75) is 0 Å². The summed E-state index contributed by atoms with van der Waals surface area (Å²) in [5.41, 5.74) is -0.266. The van der Waals surface area contributed by atoms with Crippen molar-refractivity contribution < 1.29 is 9.47 Å². The molecular formula is C19H12N4O3. The van der Waals surface area contributed by atoms with E-state index in [-0.39, 0.29) is 17.0 Å². The van der Waals surface area contributed by atoms with Gasteiger partial charge in [-0.3, -0.25) is 9.20 Å². The molecular weight excluding hydrogens is 332 g/mol. The topological polar surface area (TPSA) is 100 Å². The van der Waals surface area contributed by atoms with Crippen molar-refractivity contribution in [3.05, 3.63) is 70.2 Å². The van der Waals surface area contributed by atoms with Gasteiger partial charge in [-0.15, -0.1) is 0 Å². The number of allylic oxidation sites excluding steroid dienone is 1. The molecule has 0 N–H and O–H groups in total. The zero-order valence-corrected chi connectivity index (χ0v) is 13.7. The van der Waals surface area contributed by atoms with Gasteiger partial charge in [0.05, 0.1) is 7.11 Å². The molecule has 0 fully saturated rings. The molecule has 2 heterocycles. The van der Waals surface area contributed by atoms with E-state index in [1.807, 2.05) is 0 Å². The van der Waals surface area contributed by atoms with Crippen LogP contribution >= 0.6 is 0 Å². The monoisotopic (exact) mass is 344 g/mol. The Morgan fingerprint density at radius 3 is 2.46 bits per heavy atom. The number of methoxy groups -OCH3 is 1. The Kier molecular flexibility index (Phi) is 4.64. The van der Waals surface area contributed by atoms with Crippen LogP contribution in [-0.2, 0) is 0 Å². The third-order valence-corrected chi connectivity index (χ3v) is 3.54. The fourth-order valence-electron chi connectivity index (χ4n) is 2.27. The van der Waals surface area contributed by atoms with Gasteiger partial charge in [-0.1, -0.05) is 6.07 Å². The molecule has 7 heteroatoms. The van der Waals surface area contributed by atoms with E-state index in [0.717, 1.165) is 0 Å². The molecule has 0 aliphatic carbocycles. The van der Waals surface area contributed by atoms with Gasteiger partial charge < -0.3 is 9.47 Å². The van der Waals surface area contributed by atoms with Crippen LogP contribution in [0.4, 0.5) is 0 Å². The van der Waals surface area contributed by atoms with Crippen LogP contribution in [0.3, 0.4) is 0 Å². The number of hydrogen-bond donors (Lipinski definition) is 0. The molecule has 126 valence electrons. The summed E-state index contributed by atoms with van der Waals surface area (Å²) in [6.45, 7) is 0. The van der Waals surface area contributed by atoms with E-state index in [4.69, 9.17) is 20.0 Å². The summed E-state index contributed by atoms with van der Waals surface area (Å²) < 4.78 is 12.2. The number of ether oxygens (including phenoxy) is 2. The number of nitriles is 2. The van der Waals surface area contributed by atoms with Crippen LogP contribution in [0, 0.1) is 22.7 Å². The van der Waals surface area contributed by atoms with E-state index in [9.17, 15) is 4.79 Å². The van der Waals surface area contributed by atoms with Crippen molar-refractivity contribution in [2.75, 3.05) is 7.11 Å². The van der Waals surface area contributed by atoms with Gasteiger partial charge in [0.15, 0.2) is 0 Å². The van der Waals surface area contributed by atoms with E-state index < -0.39 is 5.56 Å². The summed E-state index contributed by atoms with van der Waals surface area (Å²) in [5, 5.41) is 18.0. The molecule has 0 radical (unpaired) electrons. The lowest BCUT2D eigenvalue weighted by atomic mass is 10.2. The lowest BCUT2D eigenvalue weighted by molar-refractivity contribution is 0.412. The summed E-state index contributed by atoms with van der Waals surface area (Å²) in [6.07, 6.45) is 2.73. The molecule has 26 heavy (non-hydrogen) atoms. The number of rotatable bonds is 4. The molecule has 2 aromatic heterocycles. The molecule has 0 unspecified atom stereocenters. The highest BCUT2D eigenvalue weighted by Gasteiger charge is 2.14. The zero-order chi connectivity index (χ0) is 18.5. The van der Waals surface area contributed by atoms with Crippen molar-refractivity contribution in [1.29, 1.82) is 10.5 Å². The molecule has 7 nitrogen and oxygen atoms in total. The predicted octanol–water partition coefficient (Wildman–Crippen LogP) is 2.93. The number of fused-ring (bicyclic) bond motifs is 1. The Balaban J connectivity index is 2.18. The maximum atomic E-state index is 12.8. The van der Waals surface area contributed by atoms with Crippen molar-refractivity contribution in [2.24, 2.45) is 0 Å². The van der Waals surface area contributed by atoms with Crippen molar-refractivity contribution in [1.82, 2.24) is 9.38 Å². The third kappa shape index (κ3) is 3.23. The first-order valence-electron chi connectivity index (χ1n) is 7.51. The summed E-state index contributed by atoms with van der Waals surface area (Å²) >= 11 is 0. The van der Waals surface area contributed by atoms with Gasteiger partial charge >= 0.3 is 0 Å². The average molecular weight is 344 g/mol. The first-order chi connectivity index (χ1) is 12.7. The fourth-order valence-corrected chi connectivity index (χ4v) is 2.27. The lowest BCUT2D eigenvalue weighted by Crippen LogP contribution is -2.18. The van der Waals surface area contributed by atoms with Crippen molar-refractivity contribution >= 4 is 11.7 Å². The van der Waals surface area contributed by atoms with Crippen LogP contribution in [0.15, 0.2) is 59.0 Å². The second-order valence-electron chi connectivity index (χ2n) is 5.12. The molecule has 0 aliphatic rings. The molecule has 0 atom stereocenters. The summed E-state index contributed by atoms with van der Waals surface area (Å²) in [7, 11) is 1.55. The minimum absolute atomic E-state index is 0.00867. The highest BCUT2D eigenvalue weighted by Crippen LogP contribution is 2.25. The molecule has 0 spiro atoms. The van der Waals surface area contributed by atoms with Crippen molar-refractivity contribution in [3.8, 4) is 29.5 Å². The highest BCUT2D eigenvalue weighted by molar-refractivity contribution is 5.66. The van der Waals surface area contributed by atoms with Crippen LogP contribution in [-0.4, -0.2) is 16.5 Å². The first-order valence-corrected chi connectivity index (χ1v) is 7.51. The first kappa shape index (κ1) is 16.7. The molecule has 0 saturated carbocycles. The number of benzene rings is 1. The van der Waals surface area contributed by atoms with E-state index in [1.165, 1.54) is 10.5 Å². The van der Waals surface area contributed by atoms with E-state index in [1.54, 1.807) is 67.9 Å². The van der Waals surface area contributed by atoms with Gasteiger partial charge in [0.2, 0.25) is 5.88 Å². The van der Waals surface area contributed by atoms with Crippen LogP contribution in [0.5, 0.6) is 17.4 Å². The molecule has 1 aromatic carbocycles. The SMILES string of the molecule is COc1ccc(Oc2nc3ccccn3c(=O)c2C=C(C#N)C#N)cc1.